The molecule has 2 nitrogen and oxygen atoms in total. The lowest BCUT2D eigenvalue weighted by Crippen LogP contribution is -2.49. The zero-order valence-corrected chi connectivity index (χ0v) is 15.2. The fourth-order valence-electron chi connectivity index (χ4n) is 2.64. The third-order valence-electron chi connectivity index (χ3n) is 3.50. The van der Waals surface area contributed by atoms with E-state index in [2.05, 4.69) is 33.0 Å². The average Bonchev–Trinajstić information content (AvgIpc) is 2.39. The van der Waals surface area contributed by atoms with Gasteiger partial charge in [-0.15, -0.1) is 0 Å². The van der Waals surface area contributed by atoms with E-state index in [4.69, 9.17) is 27.9 Å². The Morgan fingerprint density at radius 3 is 2.38 bits per heavy atom. The predicted molar refractivity (Wildman–Crippen MR) is 92.5 cm³/mol. The van der Waals surface area contributed by atoms with Crippen molar-refractivity contribution >= 4 is 23.2 Å². The van der Waals surface area contributed by atoms with Crippen LogP contribution in [0.1, 0.15) is 40.2 Å². The van der Waals surface area contributed by atoms with Crippen LogP contribution in [0, 0.1) is 5.41 Å². The number of nitrogens with one attached hydrogen (secondary N) is 1. The van der Waals surface area contributed by atoms with Crippen LogP contribution in [0.2, 0.25) is 10.0 Å². The number of rotatable bonds is 7. The van der Waals surface area contributed by atoms with Gasteiger partial charge >= 0.3 is 0 Å². The molecule has 0 saturated heterocycles. The summed E-state index contributed by atoms with van der Waals surface area (Å²) in [6, 6.07) is 5.99. The minimum absolute atomic E-state index is 0.0495. The highest BCUT2D eigenvalue weighted by atomic mass is 35.5. The summed E-state index contributed by atoms with van der Waals surface area (Å²) < 4.78 is 6.02. The number of ether oxygens (including phenoxy) is 1. The topological polar surface area (TPSA) is 21.3 Å². The highest BCUT2D eigenvalue weighted by molar-refractivity contribution is 6.42. The summed E-state index contributed by atoms with van der Waals surface area (Å²) in [5.74, 6) is 0. The van der Waals surface area contributed by atoms with Gasteiger partial charge < -0.3 is 10.1 Å². The molecule has 1 aromatic carbocycles. The van der Waals surface area contributed by atoms with Gasteiger partial charge in [0, 0.05) is 12.6 Å². The van der Waals surface area contributed by atoms with E-state index in [1.807, 2.05) is 25.1 Å². The van der Waals surface area contributed by atoms with Crippen LogP contribution in [-0.2, 0) is 11.2 Å². The van der Waals surface area contributed by atoms with E-state index in [9.17, 15) is 0 Å². The predicted octanol–water partition coefficient (Wildman–Crippen LogP) is 4.97. The van der Waals surface area contributed by atoms with Gasteiger partial charge in [-0.05, 0) is 36.9 Å². The molecule has 0 radical (unpaired) electrons. The second-order valence-corrected chi connectivity index (χ2v) is 7.11. The minimum atomic E-state index is 0.0495. The van der Waals surface area contributed by atoms with Gasteiger partial charge in [0.05, 0.1) is 16.1 Å². The lowest BCUT2D eigenvalue weighted by molar-refractivity contribution is -0.0352. The SMILES string of the molecule is CCNC(Cc1cccc(Cl)c1Cl)C(OCC)C(C)(C)C. The van der Waals surface area contributed by atoms with Crippen molar-refractivity contribution in [3.05, 3.63) is 33.8 Å². The molecule has 0 aliphatic carbocycles. The van der Waals surface area contributed by atoms with Crippen molar-refractivity contribution < 1.29 is 4.74 Å². The van der Waals surface area contributed by atoms with Gasteiger partial charge in [-0.3, -0.25) is 0 Å². The smallest absolute Gasteiger partial charge is 0.0779 e. The van der Waals surface area contributed by atoms with Crippen LogP contribution in [0.15, 0.2) is 18.2 Å². The number of halogens is 2. The maximum absolute atomic E-state index is 6.33. The van der Waals surface area contributed by atoms with E-state index in [1.165, 1.54) is 0 Å². The van der Waals surface area contributed by atoms with Crippen molar-refractivity contribution in [1.82, 2.24) is 5.32 Å². The molecule has 0 aliphatic heterocycles. The highest BCUT2D eigenvalue weighted by Gasteiger charge is 2.33. The molecular formula is C17H27Cl2NO. The van der Waals surface area contributed by atoms with Crippen LogP contribution in [0.5, 0.6) is 0 Å². The van der Waals surface area contributed by atoms with Crippen molar-refractivity contribution in [3.8, 4) is 0 Å². The molecule has 0 heterocycles. The van der Waals surface area contributed by atoms with Crippen molar-refractivity contribution in [3.63, 3.8) is 0 Å². The zero-order valence-electron chi connectivity index (χ0n) is 13.7. The zero-order chi connectivity index (χ0) is 16.0. The quantitative estimate of drug-likeness (QED) is 0.761. The largest absolute Gasteiger partial charge is 0.376 e. The van der Waals surface area contributed by atoms with Crippen LogP contribution < -0.4 is 5.32 Å². The first-order valence-electron chi connectivity index (χ1n) is 7.59. The first-order chi connectivity index (χ1) is 9.81. The monoisotopic (exact) mass is 331 g/mol. The van der Waals surface area contributed by atoms with Gasteiger partial charge in [0.1, 0.15) is 0 Å². The molecule has 4 heteroatoms. The summed E-state index contributed by atoms with van der Waals surface area (Å²) in [4.78, 5) is 0. The molecule has 2 unspecified atom stereocenters. The van der Waals surface area contributed by atoms with E-state index < -0.39 is 0 Å². The Morgan fingerprint density at radius 2 is 1.86 bits per heavy atom. The minimum Gasteiger partial charge on any atom is -0.376 e. The fraction of sp³-hybridized carbons (Fsp3) is 0.647. The van der Waals surface area contributed by atoms with E-state index >= 15 is 0 Å². The Kier molecular flexibility index (Phi) is 7.49. The van der Waals surface area contributed by atoms with Gasteiger partial charge in [-0.2, -0.15) is 0 Å². The maximum atomic E-state index is 6.33. The summed E-state index contributed by atoms with van der Waals surface area (Å²) in [5.41, 5.74) is 1.11. The van der Waals surface area contributed by atoms with E-state index in [1.54, 1.807) is 0 Å². The summed E-state index contributed by atoms with van der Waals surface area (Å²) in [6.07, 6.45) is 0.910. The lowest BCUT2D eigenvalue weighted by Gasteiger charge is -2.37. The number of benzene rings is 1. The molecule has 2 atom stereocenters. The molecular weight excluding hydrogens is 305 g/mol. The average molecular weight is 332 g/mol. The maximum Gasteiger partial charge on any atom is 0.0779 e. The van der Waals surface area contributed by atoms with Crippen LogP contribution in [0.3, 0.4) is 0 Å². The van der Waals surface area contributed by atoms with Gasteiger partial charge in [0.2, 0.25) is 0 Å². The molecule has 0 bridgehead atoms. The van der Waals surface area contributed by atoms with E-state index in [0.29, 0.717) is 16.7 Å². The third kappa shape index (κ3) is 5.45. The van der Waals surface area contributed by atoms with Crippen LogP contribution in [0.4, 0.5) is 0 Å². The Labute approximate surface area is 139 Å². The van der Waals surface area contributed by atoms with E-state index in [-0.39, 0.29) is 17.6 Å². The molecule has 0 fully saturated rings. The summed E-state index contributed by atoms with van der Waals surface area (Å²) in [7, 11) is 0. The summed E-state index contributed by atoms with van der Waals surface area (Å²) in [5, 5.41) is 4.79. The standard InChI is InChI=1S/C17H27Cl2NO/c1-6-20-14(16(21-7-2)17(3,4)5)11-12-9-8-10-13(18)15(12)19/h8-10,14,16,20H,6-7,11H2,1-5H3. The second kappa shape index (κ2) is 8.38. The second-order valence-electron chi connectivity index (χ2n) is 6.32. The van der Waals surface area contributed by atoms with Gasteiger partial charge in [-0.25, -0.2) is 0 Å². The molecule has 1 rings (SSSR count). The Morgan fingerprint density at radius 1 is 1.19 bits per heavy atom. The van der Waals surface area contributed by atoms with Crippen molar-refractivity contribution in [1.29, 1.82) is 0 Å². The van der Waals surface area contributed by atoms with Gasteiger partial charge in [0.25, 0.3) is 0 Å². The van der Waals surface area contributed by atoms with Gasteiger partial charge in [0.15, 0.2) is 0 Å². The first kappa shape index (κ1) is 18.8. The molecule has 0 aliphatic rings. The fourth-order valence-corrected chi connectivity index (χ4v) is 3.04. The van der Waals surface area contributed by atoms with Crippen LogP contribution >= 0.6 is 23.2 Å². The molecule has 1 aromatic rings. The van der Waals surface area contributed by atoms with E-state index in [0.717, 1.165) is 18.5 Å². The molecule has 120 valence electrons. The lowest BCUT2D eigenvalue weighted by atomic mass is 9.82. The van der Waals surface area contributed by atoms with Crippen LogP contribution in [0.25, 0.3) is 0 Å². The Balaban J connectivity index is 3.02. The van der Waals surface area contributed by atoms with Gasteiger partial charge in [-0.1, -0.05) is 63.0 Å². The number of likely N-dealkylation sites (N-methyl/N-ethyl adjacent to an activating group) is 1. The molecule has 0 spiro atoms. The van der Waals surface area contributed by atoms with Crippen molar-refractivity contribution in [2.45, 2.75) is 53.2 Å². The summed E-state index contributed by atoms with van der Waals surface area (Å²) in [6.45, 7) is 12.4. The molecule has 0 amide bonds. The Hall–Kier alpha value is -0.280. The van der Waals surface area contributed by atoms with Crippen LogP contribution in [-0.4, -0.2) is 25.3 Å². The third-order valence-corrected chi connectivity index (χ3v) is 4.36. The summed E-state index contributed by atoms with van der Waals surface area (Å²) >= 11 is 12.5. The first-order valence-corrected chi connectivity index (χ1v) is 8.34. The normalized spacial score (nSPS) is 15.0. The van der Waals surface area contributed by atoms with Crippen molar-refractivity contribution in [2.24, 2.45) is 5.41 Å². The Bertz CT molecular complexity index is 443. The highest BCUT2D eigenvalue weighted by Crippen LogP contribution is 2.30. The number of hydrogen-bond acceptors (Lipinski definition) is 2. The number of hydrogen-bond donors (Lipinski definition) is 1. The molecule has 0 saturated carbocycles. The van der Waals surface area contributed by atoms with Crippen molar-refractivity contribution in [2.75, 3.05) is 13.2 Å². The molecule has 0 aromatic heterocycles. The molecule has 21 heavy (non-hydrogen) atoms. The molecule has 1 N–H and O–H groups in total.